The van der Waals surface area contributed by atoms with Gasteiger partial charge in [0, 0.05) is 31.3 Å². The molecule has 0 aliphatic rings. The molecule has 3 aromatic carbocycles. The van der Waals surface area contributed by atoms with Gasteiger partial charge in [0.2, 0.25) is 5.82 Å². The zero-order chi connectivity index (χ0) is 24.6. The van der Waals surface area contributed by atoms with Crippen molar-refractivity contribution in [1.82, 2.24) is 0 Å². The Labute approximate surface area is 198 Å². The van der Waals surface area contributed by atoms with Gasteiger partial charge in [-0.15, -0.1) is 0 Å². The molecule has 0 heterocycles. The number of hydrogen-bond donors (Lipinski definition) is 0. The summed E-state index contributed by atoms with van der Waals surface area (Å²) in [5.74, 6) is -4.84. The molecule has 2 nitrogen and oxygen atoms in total. The summed E-state index contributed by atoms with van der Waals surface area (Å²) < 4.78 is 67.0. The quantitative estimate of drug-likeness (QED) is 0.198. The molecular weight excluding hydrogens is 444 g/mol. The molecule has 0 saturated carbocycles. The zero-order valence-corrected chi connectivity index (χ0v) is 19.6. The minimum Gasteiger partial charge on any atom is -0.490 e. The van der Waals surface area contributed by atoms with Crippen LogP contribution in [-0.2, 0) is 23.5 Å². The van der Waals surface area contributed by atoms with Crippen molar-refractivity contribution in [2.24, 2.45) is 0 Å². The van der Waals surface area contributed by atoms with Gasteiger partial charge < -0.3 is 9.47 Å². The van der Waals surface area contributed by atoms with Gasteiger partial charge in [0.1, 0.15) is 0 Å². The number of methoxy groups -OCH3 is 1. The van der Waals surface area contributed by atoms with E-state index < -0.39 is 17.6 Å². The van der Waals surface area contributed by atoms with E-state index in [-0.39, 0.29) is 29.9 Å². The van der Waals surface area contributed by atoms with E-state index in [2.05, 4.69) is 0 Å². The fourth-order valence-corrected chi connectivity index (χ4v) is 3.66. The average molecular weight is 475 g/mol. The molecule has 0 aromatic heterocycles. The van der Waals surface area contributed by atoms with E-state index in [1.54, 1.807) is 31.4 Å². The Kier molecular flexibility index (Phi) is 9.11. The van der Waals surface area contributed by atoms with E-state index in [0.29, 0.717) is 31.4 Å². The predicted octanol–water partition coefficient (Wildman–Crippen LogP) is 7.72. The molecule has 0 saturated heterocycles. The summed E-state index contributed by atoms with van der Waals surface area (Å²) in [5.41, 5.74) is 2.75. The third-order valence-electron chi connectivity index (χ3n) is 5.83. The highest BCUT2D eigenvalue weighted by atomic mass is 19.3. The normalized spacial score (nSPS) is 11.6. The van der Waals surface area contributed by atoms with Crippen molar-refractivity contribution < 1.29 is 27.0 Å². The van der Waals surface area contributed by atoms with Crippen molar-refractivity contribution in [3.8, 4) is 16.9 Å². The maximum atomic E-state index is 14.7. The molecule has 0 aliphatic heterocycles. The maximum absolute atomic E-state index is 14.7. The smallest absolute Gasteiger partial charge is 0.273 e. The largest absolute Gasteiger partial charge is 0.490 e. The molecule has 0 N–H and O–H groups in total. The third-order valence-corrected chi connectivity index (χ3v) is 5.83. The number of halogens is 4. The molecule has 0 spiro atoms. The summed E-state index contributed by atoms with van der Waals surface area (Å²) in [5, 5.41) is 0. The van der Waals surface area contributed by atoms with Crippen molar-refractivity contribution in [3.05, 3.63) is 89.0 Å². The molecule has 3 rings (SSSR count). The fourth-order valence-electron chi connectivity index (χ4n) is 3.66. The molecule has 0 bridgehead atoms. The summed E-state index contributed by atoms with van der Waals surface area (Å²) in [4.78, 5) is 0. The first-order valence-electron chi connectivity index (χ1n) is 11.5. The maximum Gasteiger partial charge on any atom is 0.273 e. The van der Waals surface area contributed by atoms with Crippen molar-refractivity contribution in [1.29, 1.82) is 0 Å². The molecule has 0 unspecified atom stereocenters. The van der Waals surface area contributed by atoms with E-state index in [9.17, 15) is 17.6 Å². The lowest BCUT2D eigenvalue weighted by molar-refractivity contribution is -0.00829. The molecule has 3 aromatic rings. The van der Waals surface area contributed by atoms with Gasteiger partial charge in [-0.1, -0.05) is 55.5 Å². The van der Waals surface area contributed by atoms with Gasteiger partial charge in [-0.05, 0) is 54.5 Å². The number of benzene rings is 3. The second-order valence-electron chi connectivity index (χ2n) is 8.24. The van der Waals surface area contributed by atoms with Crippen molar-refractivity contribution in [3.63, 3.8) is 0 Å². The highest BCUT2D eigenvalue weighted by Gasteiger charge is 2.28. The Bertz CT molecular complexity index is 1050. The summed E-state index contributed by atoms with van der Waals surface area (Å²) in [6, 6.07) is 16.6. The summed E-state index contributed by atoms with van der Waals surface area (Å²) in [6.45, 7) is 2.35. The van der Waals surface area contributed by atoms with Gasteiger partial charge in [-0.25, -0.2) is 13.2 Å². The first kappa shape index (κ1) is 25.8. The molecule has 0 atom stereocenters. The van der Waals surface area contributed by atoms with Crippen LogP contribution in [-0.4, -0.2) is 20.3 Å². The van der Waals surface area contributed by atoms with Gasteiger partial charge in [-0.2, -0.15) is 4.39 Å². The Balaban J connectivity index is 1.60. The Hall–Kier alpha value is -2.86. The van der Waals surface area contributed by atoms with Gasteiger partial charge in [0.15, 0.2) is 11.6 Å². The molecule has 0 fully saturated rings. The van der Waals surface area contributed by atoms with E-state index in [0.717, 1.165) is 17.5 Å². The number of rotatable bonds is 12. The fraction of sp³-hybridized carbons (Fsp3) is 0.357. The molecule has 0 radical (unpaired) electrons. The number of hydrogen-bond acceptors (Lipinski definition) is 2. The number of unbranched alkanes of at least 4 members (excludes halogenated alkanes) is 1. The number of aryl methyl sites for hydroxylation is 2. The van der Waals surface area contributed by atoms with E-state index >= 15 is 0 Å². The zero-order valence-electron chi connectivity index (χ0n) is 19.6. The summed E-state index contributed by atoms with van der Waals surface area (Å²) in [6.07, 6.45) is 2.64. The molecular formula is C28H30F4O2. The highest BCUT2D eigenvalue weighted by molar-refractivity contribution is 5.65. The van der Waals surface area contributed by atoms with Crippen LogP contribution < -0.4 is 4.74 Å². The van der Waals surface area contributed by atoms with Crippen LogP contribution in [0.5, 0.6) is 5.75 Å². The van der Waals surface area contributed by atoms with Crippen LogP contribution in [0.4, 0.5) is 17.6 Å². The predicted molar refractivity (Wildman–Crippen MR) is 126 cm³/mol. The lowest BCUT2D eigenvalue weighted by Crippen LogP contribution is -2.11. The topological polar surface area (TPSA) is 18.5 Å². The van der Waals surface area contributed by atoms with Crippen molar-refractivity contribution in [2.75, 3.05) is 20.3 Å². The van der Waals surface area contributed by atoms with Gasteiger partial charge in [-0.3, -0.25) is 0 Å². The number of alkyl halides is 2. The molecule has 34 heavy (non-hydrogen) atoms. The van der Waals surface area contributed by atoms with Crippen LogP contribution in [0.2, 0.25) is 0 Å². The lowest BCUT2D eigenvalue weighted by Gasteiger charge is -2.14. The van der Waals surface area contributed by atoms with Crippen LogP contribution in [0.1, 0.15) is 42.9 Å². The molecule has 182 valence electrons. The van der Waals surface area contributed by atoms with Crippen LogP contribution in [0.3, 0.4) is 0 Å². The van der Waals surface area contributed by atoms with Gasteiger partial charge in [0.05, 0.1) is 6.61 Å². The monoisotopic (exact) mass is 474 g/mol. The lowest BCUT2D eigenvalue weighted by atomic mass is 9.98. The van der Waals surface area contributed by atoms with Crippen LogP contribution in [0, 0.1) is 11.6 Å². The Morgan fingerprint density at radius 3 is 1.91 bits per heavy atom. The van der Waals surface area contributed by atoms with E-state index in [1.807, 2.05) is 12.1 Å². The van der Waals surface area contributed by atoms with Gasteiger partial charge >= 0.3 is 0 Å². The first-order chi connectivity index (χ1) is 16.4. The van der Waals surface area contributed by atoms with E-state index in [4.69, 9.17) is 9.47 Å². The molecule has 6 heteroatoms. The van der Waals surface area contributed by atoms with E-state index in [1.165, 1.54) is 31.2 Å². The SMILES string of the molecule is CCC(F)(F)c1ccc(CCc2ccc(-c3ccc(OCCCCOC)c(F)c3F)cc2)cc1. The highest BCUT2D eigenvalue weighted by Crippen LogP contribution is 2.32. The van der Waals surface area contributed by atoms with Crippen molar-refractivity contribution >= 4 is 0 Å². The summed E-state index contributed by atoms with van der Waals surface area (Å²) in [7, 11) is 1.61. The number of ether oxygens (including phenoxy) is 2. The summed E-state index contributed by atoms with van der Waals surface area (Å²) >= 11 is 0. The first-order valence-corrected chi connectivity index (χ1v) is 11.5. The standard InChI is InChI=1S/C28H30F4O2/c1-3-28(31,32)23-14-10-21(11-15-23)7-6-20-8-12-22(13-9-20)24-16-17-25(27(30)26(24)29)34-19-5-4-18-33-2/h8-17H,3-7,18-19H2,1-2H3. The Morgan fingerprint density at radius 1 is 0.735 bits per heavy atom. The average Bonchev–Trinajstić information content (AvgIpc) is 2.86. The van der Waals surface area contributed by atoms with Crippen LogP contribution in [0.15, 0.2) is 60.7 Å². The van der Waals surface area contributed by atoms with Crippen LogP contribution >= 0.6 is 0 Å². The van der Waals surface area contributed by atoms with Gasteiger partial charge in [0.25, 0.3) is 5.92 Å². The van der Waals surface area contributed by atoms with Crippen molar-refractivity contribution in [2.45, 2.75) is 45.0 Å². The second-order valence-corrected chi connectivity index (χ2v) is 8.24. The second kappa shape index (κ2) is 12.0. The Morgan fingerprint density at radius 2 is 1.32 bits per heavy atom. The van der Waals surface area contributed by atoms with Crippen LogP contribution in [0.25, 0.3) is 11.1 Å². The minimum atomic E-state index is -2.81. The molecule has 0 amide bonds. The molecule has 0 aliphatic carbocycles. The minimum absolute atomic E-state index is 0.0277. The third kappa shape index (κ3) is 6.60.